The average molecular weight is 511 g/mol. The summed E-state index contributed by atoms with van der Waals surface area (Å²) in [6, 6.07) is -1.41. The van der Waals surface area contributed by atoms with Gasteiger partial charge in [-0.05, 0) is 53.0 Å². The van der Waals surface area contributed by atoms with Crippen LogP contribution in [0.1, 0.15) is 53.9 Å². The SMILES string of the molecule is COCCOC[C@@H]1CCCN([C@@H]2C=C(C(=O)O)C[C@H](N=C(C)NC(=O)OC(C)(C)C)[C@H]2NC(C)=O)C1. The molecule has 0 bridgehead atoms. The fraction of sp³-hybridized carbons (Fsp3) is 0.760. The molecule has 0 aromatic heterocycles. The molecule has 2 aliphatic rings. The molecule has 1 fully saturated rings. The highest BCUT2D eigenvalue weighted by Gasteiger charge is 2.40. The number of aliphatic imine (C=N–C) groups is 1. The molecule has 2 amide bonds. The number of likely N-dealkylation sites (tertiary alicyclic amines) is 1. The van der Waals surface area contributed by atoms with Gasteiger partial charge in [0, 0.05) is 32.6 Å². The summed E-state index contributed by atoms with van der Waals surface area (Å²) >= 11 is 0. The molecule has 4 atom stereocenters. The van der Waals surface area contributed by atoms with Crippen LogP contribution in [0.2, 0.25) is 0 Å². The van der Waals surface area contributed by atoms with Gasteiger partial charge in [0.1, 0.15) is 11.4 Å². The fourth-order valence-corrected chi connectivity index (χ4v) is 4.62. The number of hydrogen-bond acceptors (Lipinski definition) is 8. The first kappa shape index (κ1) is 29.7. The molecule has 3 N–H and O–H groups in total. The number of piperidine rings is 1. The molecule has 0 saturated carbocycles. The van der Waals surface area contributed by atoms with Gasteiger partial charge in [-0.15, -0.1) is 0 Å². The van der Waals surface area contributed by atoms with Crippen LogP contribution in [-0.2, 0) is 23.8 Å². The van der Waals surface area contributed by atoms with Gasteiger partial charge in [-0.25, -0.2) is 9.59 Å². The number of carbonyl (C=O) groups is 3. The molecule has 1 aliphatic carbocycles. The highest BCUT2D eigenvalue weighted by molar-refractivity contribution is 5.94. The van der Waals surface area contributed by atoms with E-state index in [4.69, 9.17) is 14.2 Å². The number of nitrogens with one attached hydrogen (secondary N) is 2. The van der Waals surface area contributed by atoms with Gasteiger partial charge in [0.05, 0.1) is 37.9 Å². The predicted molar refractivity (Wildman–Crippen MR) is 135 cm³/mol. The molecule has 11 nitrogen and oxygen atoms in total. The topological polar surface area (TPSA) is 139 Å². The number of amides is 2. The first-order chi connectivity index (χ1) is 16.9. The van der Waals surface area contributed by atoms with Crippen molar-refractivity contribution in [1.82, 2.24) is 15.5 Å². The van der Waals surface area contributed by atoms with Crippen LogP contribution in [0.3, 0.4) is 0 Å². The lowest BCUT2D eigenvalue weighted by molar-refractivity contribution is -0.133. The van der Waals surface area contributed by atoms with Crippen LogP contribution < -0.4 is 10.6 Å². The zero-order valence-corrected chi connectivity index (χ0v) is 22.3. The van der Waals surface area contributed by atoms with Crippen LogP contribution in [0.4, 0.5) is 4.79 Å². The minimum atomic E-state index is -1.02. The zero-order chi connectivity index (χ0) is 26.9. The van der Waals surface area contributed by atoms with E-state index in [1.54, 1.807) is 40.9 Å². The highest BCUT2D eigenvalue weighted by atomic mass is 16.6. The summed E-state index contributed by atoms with van der Waals surface area (Å²) in [4.78, 5) is 43.2. The highest BCUT2D eigenvalue weighted by Crippen LogP contribution is 2.29. The van der Waals surface area contributed by atoms with Crippen LogP contribution >= 0.6 is 0 Å². The van der Waals surface area contributed by atoms with E-state index in [1.165, 1.54) is 6.92 Å². The number of aliphatic carboxylic acids is 1. The molecule has 0 aromatic rings. The van der Waals surface area contributed by atoms with Crippen LogP contribution in [-0.4, -0.2) is 97.6 Å². The molecule has 1 aliphatic heterocycles. The molecule has 11 heteroatoms. The Morgan fingerprint density at radius 1 is 1.22 bits per heavy atom. The van der Waals surface area contributed by atoms with E-state index in [9.17, 15) is 19.5 Å². The quantitative estimate of drug-likeness (QED) is 0.243. The Morgan fingerprint density at radius 2 is 1.94 bits per heavy atom. The first-order valence-electron chi connectivity index (χ1n) is 12.5. The van der Waals surface area contributed by atoms with Crippen LogP contribution in [0.25, 0.3) is 0 Å². The Hall–Kier alpha value is -2.50. The Kier molecular flexibility index (Phi) is 11.3. The average Bonchev–Trinajstić information content (AvgIpc) is 2.76. The van der Waals surface area contributed by atoms with E-state index in [0.29, 0.717) is 26.4 Å². The summed E-state index contributed by atoms with van der Waals surface area (Å²) in [7, 11) is 1.63. The van der Waals surface area contributed by atoms with Crippen LogP contribution in [0.5, 0.6) is 0 Å². The number of nitrogens with zero attached hydrogens (tertiary/aromatic N) is 2. The van der Waals surface area contributed by atoms with Crippen molar-refractivity contribution in [2.24, 2.45) is 10.9 Å². The number of rotatable bonds is 9. The molecule has 0 radical (unpaired) electrons. The second-order valence-electron chi connectivity index (χ2n) is 10.4. The Morgan fingerprint density at radius 3 is 2.56 bits per heavy atom. The zero-order valence-electron chi connectivity index (χ0n) is 22.3. The molecule has 1 saturated heterocycles. The molecule has 0 unspecified atom stereocenters. The Labute approximate surface area is 213 Å². The van der Waals surface area contributed by atoms with E-state index in [-0.39, 0.29) is 35.7 Å². The standard InChI is InChI=1S/C25H42N4O7/c1-16(27-24(33)36-25(3,4)5)26-20-12-19(23(31)32)13-21(22(20)28-17(2)30)29-9-7-8-18(14-29)15-35-11-10-34-6/h13,18,20-22H,7-12,14-15H2,1-6H3,(H,28,30)(H,31,32)(H,26,27,33)/t18-,20+,21-,22-/m1/s1. The molecule has 1 heterocycles. The molecule has 0 spiro atoms. The van der Waals surface area contributed by atoms with Gasteiger partial charge in [-0.2, -0.15) is 0 Å². The fourth-order valence-electron chi connectivity index (χ4n) is 4.62. The maximum absolute atomic E-state index is 12.2. The minimum absolute atomic E-state index is 0.127. The number of methoxy groups -OCH3 is 1. The van der Waals surface area contributed by atoms with Gasteiger partial charge >= 0.3 is 12.1 Å². The third-order valence-corrected chi connectivity index (χ3v) is 6.03. The largest absolute Gasteiger partial charge is 0.478 e. The van der Waals surface area contributed by atoms with E-state index in [1.807, 2.05) is 0 Å². The lowest BCUT2D eigenvalue weighted by Gasteiger charge is -2.44. The van der Waals surface area contributed by atoms with Crippen molar-refractivity contribution in [2.75, 3.05) is 40.0 Å². The number of carbonyl (C=O) groups excluding carboxylic acids is 2. The first-order valence-corrected chi connectivity index (χ1v) is 12.5. The molecule has 36 heavy (non-hydrogen) atoms. The second kappa shape index (κ2) is 13.7. The van der Waals surface area contributed by atoms with Gasteiger partial charge in [-0.3, -0.25) is 20.0 Å². The van der Waals surface area contributed by atoms with E-state index >= 15 is 0 Å². The third-order valence-electron chi connectivity index (χ3n) is 6.03. The predicted octanol–water partition coefficient (Wildman–Crippen LogP) is 1.96. The van der Waals surface area contributed by atoms with Crippen molar-refractivity contribution < 1.29 is 33.7 Å². The van der Waals surface area contributed by atoms with Gasteiger partial charge in [0.15, 0.2) is 0 Å². The number of carboxylic acid groups (broad SMARTS) is 1. The van der Waals surface area contributed by atoms with Gasteiger partial charge in [0.2, 0.25) is 5.91 Å². The van der Waals surface area contributed by atoms with Crippen molar-refractivity contribution in [1.29, 1.82) is 0 Å². The minimum Gasteiger partial charge on any atom is -0.478 e. The monoisotopic (exact) mass is 510 g/mol. The van der Waals surface area contributed by atoms with E-state index in [0.717, 1.165) is 19.4 Å². The summed E-state index contributed by atoms with van der Waals surface area (Å²) in [5.41, 5.74) is -0.435. The van der Waals surface area contributed by atoms with Gasteiger partial charge < -0.3 is 24.6 Å². The van der Waals surface area contributed by atoms with E-state index < -0.39 is 29.7 Å². The number of carboxylic acids is 1. The van der Waals surface area contributed by atoms with Crippen LogP contribution in [0.15, 0.2) is 16.6 Å². The molecular formula is C25H42N4O7. The molecule has 0 aromatic carbocycles. The lowest BCUT2D eigenvalue weighted by Crippen LogP contribution is -2.59. The third kappa shape index (κ3) is 9.87. The smallest absolute Gasteiger partial charge is 0.413 e. The number of hydrogen-bond donors (Lipinski definition) is 3. The van der Waals surface area contributed by atoms with Crippen molar-refractivity contribution in [3.8, 4) is 0 Å². The van der Waals surface area contributed by atoms with Crippen molar-refractivity contribution in [2.45, 2.75) is 77.6 Å². The lowest BCUT2D eigenvalue weighted by atomic mass is 9.84. The molecule has 2 rings (SSSR count). The molecular weight excluding hydrogens is 468 g/mol. The Bertz CT molecular complexity index is 837. The molecule has 204 valence electrons. The van der Waals surface area contributed by atoms with Crippen LogP contribution in [0, 0.1) is 5.92 Å². The van der Waals surface area contributed by atoms with E-state index in [2.05, 4.69) is 20.5 Å². The van der Waals surface area contributed by atoms with Crippen molar-refractivity contribution in [3.05, 3.63) is 11.6 Å². The number of ether oxygens (including phenoxy) is 3. The Balaban J connectivity index is 2.26. The maximum atomic E-state index is 12.2. The summed E-state index contributed by atoms with van der Waals surface area (Å²) in [6.45, 7) is 11.5. The number of amidine groups is 1. The summed E-state index contributed by atoms with van der Waals surface area (Å²) in [5.74, 6) is -0.671. The second-order valence-corrected chi connectivity index (χ2v) is 10.4. The normalized spacial score (nSPS) is 25.6. The summed E-state index contributed by atoms with van der Waals surface area (Å²) in [6.07, 6.45) is 3.16. The summed E-state index contributed by atoms with van der Waals surface area (Å²) in [5, 5.41) is 15.4. The maximum Gasteiger partial charge on any atom is 0.413 e. The van der Waals surface area contributed by atoms with Crippen molar-refractivity contribution in [3.63, 3.8) is 0 Å². The number of alkyl carbamates (subject to hydrolysis) is 1. The summed E-state index contributed by atoms with van der Waals surface area (Å²) < 4.78 is 16.1. The van der Waals surface area contributed by atoms with Crippen molar-refractivity contribution >= 4 is 23.8 Å². The van der Waals surface area contributed by atoms with Gasteiger partial charge in [0.25, 0.3) is 0 Å². The van der Waals surface area contributed by atoms with Gasteiger partial charge in [-0.1, -0.05) is 6.08 Å².